The van der Waals surface area contributed by atoms with Gasteiger partial charge in [-0.2, -0.15) is 0 Å². The van der Waals surface area contributed by atoms with Gasteiger partial charge in [-0.3, -0.25) is 0 Å². The Morgan fingerprint density at radius 3 is 2.38 bits per heavy atom. The Kier molecular flexibility index (Phi) is 6.73. The second-order valence-corrected chi connectivity index (χ2v) is 5.59. The van der Waals surface area contributed by atoms with Crippen LogP contribution in [0, 0.1) is 0 Å². The second kappa shape index (κ2) is 8.82. The molecule has 1 aliphatic rings. The Bertz CT molecular complexity index is 421. The van der Waals surface area contributed by atoms with E-state index in [1.807, 2.05) is 6.07 Å². The van der Waals surface area contributed by atoms with Crippen LogP contribution in [0.25, 0.3) is 0 Å². The van der Waals surface area contributed by atoms with Crippen LogP contribution in [0.1, 0.15) is 57.7 Å². The average Bonchev–Trinajstić information content (AvgIpc) is 3.33. The molecule has 5 nitrogen and oxygen atoms in total. The summed E-state index contributed by atoms with van der Waals surface area (Å²) in [6, 6.07) is 1.99. The van der Waals surface area contributed by atoms with Gasteiger partial charge in [0.15, 0.2) is 0 Å². The highest BCUT2D eigenvalue weighted by molar-refractivity contribution is 5.48. The van der Waals surface area contributed by atoms with E-state index in [1.165, 1.54) is 19.3 Å². The Morgan fingerprint density at radius 2 is 1.76 bits per heavy atom. The average molecular weight is 292 g/mol. The van der Waals surface area contributed by atoms with Gasteiger partial charge in [-0.25, -0.2) is 9.97 Å². The number of rotatable bonds is 11. The summed E-state index contributed by atoms with van der Waals surface area (Å²) in [5, 5.41) is 6.70. The molecule has 0 saturated heterocycles. The van der Waals surface area contributed by atoms with Gasteiger partial charge in [0.2, 0.25) is 0 Å². The lowest BCUT2D eigenvalue weighted by molar-refractivity contribution is 0.141. The summed E-state index contributed by atoms with van der Waals surface area (Å²) < 4.78 is 5.56. The Labute approximate surface area is 127 Å². The van der Waals surface area contributed by atoms with Crippen LogP contribution >= 0.6 is 0 Å². The Balaban J connectivity index is 1.83. The van der Waals surface area contributed by atoms with Crippen molar-refractivity contribution >= 4 is 11.6 Å². The van der Waals surface area contributed by atoms with E-state index >= 15 is 0 Å². The third-order valence-electron chi connectivity index (χ3n) is 3.44. The smallest absolute Gasteiger partial charge is 0.136 e. The molecular formula is C16H28N4O. The zero-order valence-electron chi connectivity index (χ0n) is 13.3. The molecule has 0 atom stereocenters. The van der Waals surface area contributed by atoms with Crippen molar-refractivity contribution in [3.05, 3.63) is 11.9 Å². The van der Waals surface area contributed by atoms with E-state index in [9.17, 15) is 0 Å². The summed E-state index contributed by atoms with van der Waals surface area (Å²) in [6.45, 7) is 7.63. The highest BCUT2D eigenvalue weighted by atomic mass is 16.5. The van der Waals surface area contributed by atoms with E-state index < -0.39 is 0 Å². The van der Waals surface area contributed by atoms with Crippen LogP contribution in [0.2, 0.25) is 0 Å². The van der Waals surface area contributed by atoms with Crippen molar-refractivity contribution < 1.29 is 4.74 Å². The molecule has 2 N–H and O–H groups in total. The van der Waals surface area contributed by atoms with Crippen LogP contribution in [-0.2, 0) is 4.74 Å². The fourth-order valence-corrected chi connectivity index (χ4v) is 2.02. The molecule has 5 heteroatoms. The van der Waals surface area contributed by atoms with Gasteiger partial charge in [-0.15, -0.1) is 0 Å². The van der Waals surface area contributed by atoms with Crippen molar-refractivity contribution in [3.63, 3.8) is 0 Å². The first kappa shape index (κ1) is 16.0. The van der Waals surface area contributed by atoms with Crippen molar-refractivity contribution in [3.8, 4) is 0 Å². The summed E-state index contributed by atoms with van der Waals surface area (Å²) in [7, 11) is 0. The number of anilines is 2. The highest BCUT2D eigenvalue weighted by Gasteiger charge is 2.27. The minimum Gasteiger partial charge on any atom is -0.380 e. The summed E-state index contributed by atoms with van der Waals surface area (Å²) in [5.74, 6) is 3.38. The van der Waals surface area contributed by atoms with Gasteiger partial charge in [-0.05, 0) is 25.7 Å². The molecule has 0 spiro atoms. The van der Waals surface area contributed by atoms with Gasteiger partial charge in [0.1, 0.15) is 17.5 Å². The molecule has 0 aromatic carbocycles. The van der Waals surface area contributed by atoms with Crippen LogP contribution in [0.3, 0.4) is 0 Å². The van der Waals surface area contributed by atoms with Crippen LogP contribution in [0.5, 0.6) is 0 Å². The van der Waals surface area contributed by atoms with Crippen molar-refractivity contribution in [1.82, 2.24) is 9.97 Å². The molecule has 1 aromatic heterocycles. The summed E-state index contributed by atoms with van der Waals surface area (Å²) in [5.41, 5.74) is 0. The summed E-state index contributed by atoms with van der Waals surface area (Å²) in [4.78, 5) is 9.23. The molecule has 1 aromatic rings. The van der Waals surface area contributed by atoms with E-state index in [1.54, 1.807) is 0 Å². The van der Waals surface area contributed by atoms with Gasteiger partial charge in [0.05, 0.1) is 6.61 Å². The molecule has 0 radical (unpaired) electrons. The first-order valence-electron chi connectivity index (χ1n) is 8.28. The molecule has 0 unspecified atom stereocenters. The monoisotopic (exact) mass is 292 g/mol. The molecule has 1 saturated carbocycles. The van der Waals surface area contributed by atoms with Crippen LogP contribution in [0.15, 0.2) is 6.07 Å². The minimum atomic E-state index is 0.565. The van der Waals surface area contributed by atoms with E-state index in [0.29, 0.717) is 5.92 Å². The van der Waals surface area contributed by atoms with Gasteiger partial charge in [0, 0.05) is 31.7 Å². The standard InChI is InChI=1S/C16H28N4O/c1-3-5-10-21-11-9-18-15-12-14(17-8-4-2)19-16(20-15)13-6-7-13/h12-13H,3-11H2,1-2H3,(H2,17,18,19,20). The predicted molar refractivity (Wildman–Crippen MR) is 87.0 cm³/mol. The lowest BCUT2D eigenvalue weighted by Gasteiger charge is -2.11. The maximum atomic E-state index is 5.56. The molecule has 0 aliphatic heterocycles. The number of nitrogens with one attached hydrogen (secondary N) is 2. The Hall–Kier alpha value is -1.36. The zero-order valence-corrected chi connectivity index (χ0v) is 13.3. The van der Waals surface area contributed by atoms with Crippen LogP contribution < -0.4 is 10.6 Å². The van der Waals surface area contributed by atoms with Gasteiger partial charge < -0.3 is 15.4 Å². The number of ether oxygens (including phenoxy) is 1. The largest absolute Gasteiger partial charge is 0.380 e. The second-order valence-electron chi connectivity index (χ2n) is 5.59. The van der Waals surface area contributed by atoms with Crippen molar-refractivity contribution in [1.29, 1.82) is 0 Å². The molecule has 1 fully saturated rings. The first-order chi connectivity index (χ1) is 10.3. The SMILES string of the molecule is CCCCOCCNc1cc(NCCC)nc(C2CC2)n1. The maximum absolute atomic E-state index is 5.56. The van der Waals surface area contributed by atoms with E-state index in [0.717, 1.165) is 56.6 Å². The number of hydrogen-bond donors (Lipinski definition) is 2. The third-order valence-corrected chi connectivity index (χ3v) is 3.44. The van der Waals surface area contributed by atoms with Crippen molar-refractivity contribution in [2.24, 2.45) is 0 Å². The number of nitrogens with zero attached hydrogens (tertiary/aromatic N) is 2. The third kappa shape index (κ3) is 5.87. The van der Waals surface area contributed by atoms with Gasteiger partial charge >= 0.3 is 0 Å². The molecule has 2 rings (SSSR count). The van der Waals surface area contributed by atoms with Crippen molar-refractivity contribution in [2.75, 3.05) is 36.9 Å². The predicted octanol–water partition coefficient (Wildman–Crippen LogP) is 3.40. The quantitative estimate of drug-likeness (QED) is 0.612. The molecule has 1 aliphatic carbocycles. The molecule has 1 heterocycles. The lowest BCUT2D eigenvalue weighted by Crippen LogP contribution is -2.13. The topological polar surface area (TPSA) is 59.1 Å². The number of aromatic nitrogens is 2. The molecule has 118 valence electrons. The van der Waals surface area contributed by atoms with Crippen LogP contribution in [0.4, 0.5) is 11.6 Å². The fraction of sp³-hybridized carbons (Fsp3) is 0.750. The first-order valence-corrected chi connectivity index (χ1v) is 8.28. The molecular weight excluding hydrogens is 264 g/mol. The molecule has 0 bridgehead atoms. The van der Waals surface area contributed by atoms with E-state index in [4.69, 9.17) is 4.74 Å². The van der Waals surface area contributed by atoms with Crippen molar-refractivity contribution in [2.45, 2.75) is 51.9 Å². The summed E-state index contributed by atoms with van der Waals surface area (Å²) >= 11 is 0. The molecule has 0 amide bonds. The van der Waals surface area contributed by atoms with E-state index in [-0.39, 0.29) is 0 Å². The number of hydrogen-bond acceptors (Lipinski definition) is 5. The summed E-state index contributed by atoms with van der Waals surface area (Å²) in [6.07, 6.45) is 5.84. The normalized spacial score (nSPS) is 14.2. The maximum Gasteiger partial charge on any atom is 0.136 e. The van der Waals surface area contributed by atoms with Crippen LogP contribution in [-0.4, -0.2) is 36.3 Å². The highest BCUT2D eigenvalue weighted by Crippen LogP contribution is 2.38. The fourth-order valence-electron chi connectivity index (χ4n) is 2.02. The number of unbranched alkanes of at least 4 members (excludes halogenated alkanes) is 1. The van der Waals surface area contributed by atoms with E-state index in [2.05, 4.69) is 34.4 Å². The zero-order chi connectivity index (χ0) is 14.9. The lowest BCUT2D eigenvalue weighted by atomic mass is 10.3. The minimum absolute atomic E-state index is 0.565. The van der Waals surface area contributed by atoms with Gasteiger partial charge in [-0.1, -0.05) is 20.3 Å². The Morgan fingerprint density at radius 1 is 1.05 bits per heavy atom. The molecule has 21 heavy (non-hydrogen) atoms. The van der Waals surface area contributed by atoms with Gasteiger partial charge in [0.25, 0.3) is 0 Å².